The second kappa shape index (κ2) is 5.60. The second-order valence-electron chi connectivity index (χ2n) is 3.83. The number of hydrogen-bond donors (Lipinski definition) is 1. The maximum absolute atomic E-state index is 13.3. The Kier molecular flexibility index (Phi) is 4.06. The molecule has 2 aromatic carbocycles. The Morgan fingerprint density at radius 2 is 1.55 bits per heavy atom. The molecule has 8 heteroatoms. The summed E-state index contributed by atoms with van der Waals surface area (Å²) >= 11 is 11.2. The number of non-ortho nitro benzene ring substituents is 1. The number of nitro benzene ring substituents is 1. The first-order valence-electron chi connectivity index (χ1n) is 5.23. The minimum Gasteiger partial charge on any atom is -0.355 e. The topological polar surface area (TPSA) is 55.2 Å². The molecule has 0 spiro atoms. The van der Waals surface area contributed by atoms with Gasteiger partial charge in [-0.1, -0.05) is 23.2 Å². The zero-order chi connectivity index (χ0) is 14.9. The van der Waals surface area contributed by atoms with Crippen molar-refractivity contribution in [3.05, 3.63) is 62.1 Å². The lowest BCUT2D eigenvalue weighted by molar-refractivity contribution is -0.385. The van der Waals surface area contributed by atoms with E-state index in [1.807, 2.05) is 0 Å². The van der Waals surface area contributed by atoms with E-state index in [1.165, 1.54) is 12.1 Å². The summed E-state index contributed by atoms with van der Waals surface area (Å²) in [6.45, 7) is 0. The molecule has 0 amide bonds. The predicted molar refractivity (Wildman–Crippen MR) is 72.8 cm³/mol. The number of nitro groups is 1. The van der Waals surface area contributed by atoms with Gasteiger partial charge in [0.25, 0.3) is 5.69 Å². The van der Waals surface area contributed by atoms with E-state index in [-0.39, 0.29) is 21.4 Å². The van der Waals surface area contributed by atoms with Crippen LogP contribution in [0.4, 0.5) is 25.8 Å². The largest absolute Gasteiger partial charge is 0.355 e. The van der Waals surface area contributed by atoms with Crippen LogP contribution in [0.25, 0.3) is 0 Å². The third-order valence-electron chi connectivity index (χ3n) is 2.37. The van der Waals surface area contributed by atoms with E-state index in [2.05, 4.69) is 5.32 Å². The Balaban J connectivity index is 2.37. The molecule has 104 valence electrons. The van der Waals surface area contributed by atoms with Gasteiger partial charge >= 0.3 is 0 Å². The van der Waals surface area contributed by atoms with Gasteiger partial charge in [0.15, 0.2) is 5.82 Å². The molecule has 0 heterocycles. The zero-order valence-corrected chi connectivity index (χ0v) is 11.2. The molecule has 0 aliphatic rings. The second-order valence-corrected chi connectivity index (χ2v) is 4.65. The Bertz CT molecular complexity index is 672. The molecule has 0 aliphatic carbocycles. The molecule has 0 atom stereocenters. The third kappa shape index (κ3) is 3.15. The van der Waals surface area contributed by atoms with Crippen molar-refractivity contribution in [1.29, 1.82) is 0 Å². The van der Waals surface area contributed by atoms with Crippen LogP contribution in [0.3, 0.4) is 0 Å². The Hall–Kier alpha value is -1.92. The summed E-state index contributed by atoms with van der Waals surface area (Å²) in [5, 5.41) is 12.9. The number of halogens is 4. The van der Waals surface area contributed by atoms with Gasteiger partial charge in [-0.2, -0.15) is 0 Å². The zero-order valence-electron chi connectivity index (χ0n) is 9.66. The van der Waals surface area contributed by atoms with Crippen molar-refractivity contribution in [1.82, 2.24) is 0 Å². The number of rotatable bonds is 3. The van der Waals surface area contributed by atoms with Crippen molar-refractivity contribution in [3.63, 3.8) is 0 Å². The summed E-state index contributed by atoms with van der Waals surface area (Å²) in [7, 11) is 0. The van der Waals surface area contributed by atoms with Crippen molar-refractivity contribution < 1.29 is 13.7 Å². The normalized spacial score (nSPS) is 10.4. The number of hydrogen-bond acceptors (Lipinski definition) is 3. The van der Waals surface area contributed by atoms with Crippen molar-refractivity contribution in [2.75, 3.05) is 5.32 Å². The van der Waals surface area contributed by atoms with Crippen LogP contribution in [0.2, 0.25) is 10.0 Å². The first-order chi connectivity index (χ1) is 9.36. The summed E-state index contributed by atoms with van der Waals surface area (Å²) < 4.78 is 26.5. The van der Waals surface area contributed by atoms with Crippen LogP contribution in [-0.2, 0) is 0 Å². The van der Waals surface area contributed by atoms with Crippen LogP contribution in [0.1, 0.15) is 0 Å². The average molecular weight is 319 g/mol. The van der Waals surface area contributed by atoms with Gasteiger partial charge in [0.05, 0.1) is 21.0 Å². The van der Waals surface area contributed by atoms with E-state index in [0.29, 0.717) is 0 Å². The summed E-state index contributed by atoms with van der Waals surface area (Å²) in [5.41, 5.74) is -0.0106. The van der Waals surface area contributed by atoms with Crippen molar-refractivity contribution in [2.24, 2.45) is 0 Å². The van der Waals surface area contributed by atoms with Crippen molar-refractivity contribution in [3.8, 4) is 0 Å². The lowest BCUT2D eigenvalue weighted by Gasteiger charge is -2.08. The fourth-order valence-electron chi connectivity index (χ4n) is 1.55. The van der Waals surface area contributed by atoms with Crippen LogP contribution in [-0.4, -0.2) is 4.92 Å². The summed E-state index contributed by atoms with van der Waals surface area (Å²) in [6, 6.07) is 5.45. The molecule has 2 rings (SSSR count). The SMILES string of the molecule is O=[N+]([O-])c1cc(F)cc(Nc2cc(Cl)c(F)c(Cl)c2)c1. The molecule has 0 bridgehead atoms. The van der Waals surface area contributed by atoms with Gasteiger partial charge in [-0.15, -0.1) is 0 Å². The quantitative estimate of drug-likeness (QED) is 0.496. The minimum atomic E-state index is -0.777. The van der Waals surface area contributed by atoms with E-state index in [0.717, 1.165) is 18.2 Å². The molecule has 0 aromatic heterocycles. The lowest BCUT2D eigenvalue weighted by atomic mass is 10.2. The maximum atomic E-state index is 13.3. The first-order valence-corrected chi connectivity index (χ1v) is 5.99. The molecule has 0 saturated carbocycles. The molecular weight excluding hydrogens is 313 g/mol. The summed E-state index contributed by atoms with van der Waals surface area (Å²) in [5.74, 6) is -1.55. The Labute approximate surface area is 122 Å². The monoisotopic (exact) mass is 318 g/mol. The smallest absolute Gasteiger partial charge is 0.274 e. The standard InChI is InChI=1S/C12H6Cl2F2N2O2/c13-10-4-8(5-11(14)12(10)16)17-7-1-6(15)2-9(3-7)18(19)20/h1-5,17H. The van der Waals surface area contributed by atoms with Crippen LogP contribution >= 0.6 is 23.2 Å². The molecular formula is C12H6Cl2F2N2O2. The van der Waals surface area contributed by atoms with Gasteiger partial charge in [-0.05, 0) is 18.2 Å². The van der Waals surface area contributed by atoms with E-state index < -0.39 is 22.2 Å². The predicted octanol–water partition coefficient (Wildman–Crippen LogP) is 4.92. The van der Waals surface area contributed by atoms with E-state index in [1.54, 1.807) is 0 Å². The maximum Gasteiger partial charge on any atom is 0.274 e. The van der Waals surface area contributed by atoms with E-state index in [9.17, 15) is 18.9 Å². The molecule has 2 aromatic rings. The lowest BCUT2D eigenvalue weighted by Crippen LogP contribution is -1.95. The Morgan fingerprint density at radius 3 is 2.10 bits per heavy atom. The highest BCUT2D eigenvalue weighted by molar-refractivity contribution is 6.35. The number of nitrogens with one attached hydrogen (secondary N) is 1. The van der Waals surface area contributed by atoms with Crippen LogP contribution in [0.5, 0.6) is 0 Å². The van der Waals surface area contributed by atoms with Crippen molar-refractivity contribution in [2.45, 2.75) is 0 Å². The molecule has 1 N–H and O–H groups in total. The van der Waals surface area contributed by atoms with E-state index >= 15 is 0 Å². The summed E-state index contributed by atoms with van der Waals surface area (Å²) in [6.07, 6.45) is 0. The fraction of sp³-hybridized carbons (Fsp3) is 0. The highest BCUT2D eigenvalue weighted by atomic mass is 35.5. The molecule has 4 nitrogen and oxygen atoms in total. The highest BCUT2D eigenvalue weighted by Crippen LogP contribution is 2.30. The fourth-order valence-corrected chi connectivity index (χ4v) is 2.03. The molecule has 20 heavy (non-hydrogen) atoms. The molecule has 0 fully saturated rings. The van der Waals surface area contributed by atoms with Crippen LogP contribution in [0.15, 0.2) is 30.3 Å². The van der Waals surface area contributed by atoms with E-state index in [4.69, 9.17) is 23.2 Å². The van der Waals surface area contributed by atoms with Gasteiger partial charge in [0, 0.05) is 17.4 Å². The molecule has 0 unspecified atom stereocenters. The van der Waals surface area contributed by atoms with Gasteiger partial charge in [-0.3, -0.25) is 10.1 Å². The van der Waals surface area contributed by atoms with Crippen LogP contribution < -0.4 is 5.32 Å². The van der Waals surface area contributed by atoms with Gasteiger partial charge in [0.2, 0.25) is 0 Å². The van der Waals surface area contributed by atoms with Gasteiger partial charge < -0.3 is 5.32 Å². The number of benzene rings is 2. The van der Waals surface area contributed by atoms with Gasteiger partial charge in [-0.25, -0.2) is 8.78 Å². The average Bonchev–Trinajstić information content (AvgIpc) is 2.35. The molecule has 0 radical (unpaired) electrons. The summed E-state index contributed by atoms with van der Waals surface area (Å²) in [4.78, 5) is 9.91. The van der Waals surface area contributed by atoms with Crippen LogP contribution in [0, 0.1) is 21.7 Å². The number of nitrogens with zero attached hydrogens (tertiary/aromatic N) is 1. The highest BCUT2D eigenvalue weighted by Gasteiger charge is 2.12. The molecule has 0 aliphatic heterocycles. The first kappa shape index (κ1) is 14.5. The van der Waals surface area contributed by atoms with Gasteiger partial charge in [0.1, 0.15) is 5.82 Å². The number of anilines is 2. The molecule has 0 saturated heterocycles. The minimum absolute atomic E-state index is 0.121. The third-order valence-corrected chi connectivity index (χ3v) is 2.92. The Morgan fingerprint density at radius 1 is 1.00 bits per heavy atom. The van der Waals surface area contributed by atoms with Crippen molar-refractivity contribution >= 4 is 40.3 Å².